The predicted octanol–water partition coefficient (Wildman–Crippen LogP) is 4.10. The van der Waals surface area contributed by atoms with Crippen molar-refractivity contribution in [3.05, 3.63) is 99.0 Å². The van der Waals surface area contributed by atoms with Gasteiger partial charge in [-0.3, -0.25) is 14.4 Å². The van der Waals surface area contributed by atoms with Crippen molar-refractivity contribution in [3.63, 3.8) is 0 Å². The summed E-state index contributed by atoms with van der Waals surface area (Å²) in [4.78, 5) is 40.9. The number of anilines is 1. The Kier molecular flexibility index (Phi) is 5.12. The van der Waals surface area contributed by atoms with E-state index in [1.54, 1.807) is 6.07 Å². The van der Waals surface area contributed by atoms with Crippen molar-refractivity contribution in [2.24, 2.45) is 0 Å². The lowest BCUT2D eigenvalue weighted by Gasteiger charge is -2.24. The molecule has 1 heterocycles. The third-order valence-corrected chi connectivity index (χ3v) is 5.47. The molecule has 5 nitrogen and oxygen atoms in total. The molecule has 3 aromatic rings. The van der Waals surface area contributed by atoms with Gasteiger partial charge in [-0.25, -0.2) is 0 Å². The smallest absolute Gasteiger partial charge is 0.261 e. The SMILES string of the molecule is CCc1ccccc1NC(=O)c1cc2c([nH]c1=O)C[C@@H](c1ccccc1)CC2=O. The van der Waals surface area contributed by atoms with Gasteiger partial charge in [-0.15, -0.1) is 0 Å². The van der Waals surface area contributed by atoms with Crippen LogP contribution in [0.2, 0.25) is 0 Å². The Labute approximate surface area is 168 Å². The number of aromatic nitrogens is 1. The molecule has 5 heteroatoms. The fourth-order valence-corrected chi connectivity index (χ4v) is 3.90. The van der Waals surface area contributed by atoms with Crippen molar-refractivity contribution in [1.29, 1.82) is 0 Å². The van der Waals surface area contributed by atoms with E-state index in [4.69, 9.17) is 0 Å². The highest BCUT2D eigenvalue weighted by Gasteiger charge is 2.28. The van der Waals surface area contributed by atoms with Gasteiger partial charge in [0.15, 0.2) is 5.78 Å². The van der Waals surface area contributed by atoms with Gasteiger partial charge in [0.05, 0.1) is 0 Å². The van der Waals surface area contributed by atoms with E-state index in [1.165, 1.54) is 6.07 Å². The summed E-state index contributed by atoms with van der Waals surface area (Å²) in [6, 6.07) is 18.7. The van der Waals surface area contributed by atoms with Crippen LogP contribution in [0.15, 0.2) is 65.5 Å². The number of benzene rings is 2. The molecule has 0 aliphatic heterocycles. The van der Waals surface area contributed by atoms with Crippen LogP contribution < -0.4 is 10.9 Å². The first-order valence-corrected chi connectivity index (χ1v) is 9.80. The topological polar surface area (TPSA) is 79.0 Å². The minimum Gasteiger partial charge on any atom is -0.325 e. The maximum absolute atomic E-state index is 12.8. The summed E-state index contributed by atoms with van der Waals surface area (Å²) in [7, 11) is 0. The molecule has 29 heavy (non-hydrogen) atoms. The summed E-state index contributed by atoms with van der Waals surface area (Å²) >= 11 is 0. The van der Waals surface area contributed by atoms with E-state index in [1.807, 2.05) is 55.5 Å². The first-order valence-electron chi connectivity index (χ1n) is 9.80. The molecule has 1 amide bonds. The second kappa shape index (κ2) is 7.87. The Morgan fingerprint density at radius 3 is 2.52 bits per heavy atom. The van der Waals surface area contributed by atoms with Crippen LogP contribution >= 0.6 is 0 Å². The van der Waals surface area contributed by atoms with E-state index in [-0.39, 0.29) is 17.3 Å². The number of Topliss-reactive ketones (excluding diaryl/α,β-unsaturated/α-hetero) is 1. The molecule has 2 aromatic carbocycles. The van der Waals surface area contributed by atoms with Gasteiger partial charge in [-0.05, 0) is 42.0 Å². The molecule has 1 aliphatic carbocycles. The lowest BCUT2D eigenvalue weighted by atomic mass is 9.81. The highest BCUT2D eigenvalue weighted by molar-refractivity contribution is 6.07. The fraction of sp³-hybridized carbons (Fsp3) is 0.208. The van der Waals surface area contributed by atoms with E-state index < -0.39 is 11.5 Å². The number of rotatable bonds is 4. The molecule has 0 spiro atoms. The summed E-state index contributed by atoms with van der Waals surface area (Å²) in [6.45, 7) is 2.00. The average molecular weight is 386 g/mol. The Morgan fingerprint density at radius 1 is 1.03 bits per heavy atom. The normalized spacial score (nSPS) is 15.6. The van der Waals surface area contributed by atoms with Crippen molar-refractivity contribution in [3.8, 4) is 0 Å². The number of hydrogen-bond donors (Lipinski definition) is 2. The number of para-hydroxylation sites is 1. The highest BCUT2D eigenvalue weighted by Crippen LogP contribution is 2.31. The lowest BCUT2D eigenvalue weighted by Crippen LogP contribution is -2.29. The van der Waals surface area contributed by atoms with Gasteiger partial charge in [0, 0.05) is 23.4 Å². The summed E-state index contributed by atoms with van der Waals surface area (Å²) in [5.41, 5.74) is 3.25. The van der Waals surface area contributed by atoms with Gasteiger partial charge in [-0.2, -0.15) is 0 Å². The van der Waals surface area contributed by atoms with E-state index in [2.05, 4.69) is 10.3 Å². The summed E-state index contributed by atoms with van der Waals surface area (Å²) in [5.74, 6) is -0.532. The molecule has 0 radical (unpaired) electrons. The van der Waals surface area contributed by atoms with Gasteiger partial charge < -0.3 is 10.3 Å². The van der Waals surface area contributed by atoms with Crippen LogP contribution in [0.1, 0.15) is 56.8 Å². The molecule has 146 valence electrons. The van der Waals surface area contributed by atoms with E-state index in [9.17, 15) is 14.4 Å². The van der Waals surface area contributed by atoms with Gasteiger partial charge >= 0.3 is 0 Å². The van der Waals surface area contributed by atoms with Crippen LogP contribution in [0.3, 0.4) is 0 Å². The molecule has 0 fully saturated rings. The summed E-state index contributed by atoms with van der Waals surface area (Å²) < 4.78 is 0. The zero-order valence-corrected chi connectivity index (χ0v) is 16.2. The van der Waals surface area contributed by atoms with Crippen molar-refractivity contribution in [2.75, 3.05) is 5.32 Å². The predicted molar refractivity (Wildman–Crippen MR) is 113 cm³/mol. The van der Waals surface area contributed by atoms with Crippen LogP contribution in [-0.4, -0.2) is 16.7 Å². The second-order valence-corrected chi connectivity index (χ2v) is 7.31. The second-order valence-electron chi connectivity index (χ2n) is 7.31. The summed E-state index contributed by atoms with van der Waals surface area (Å²) in [6.07, 6.45) is 1.69. The molecule has 0 saturated heterocycles. The molecule has 1 aromatic heterocycles. The molecular formula is C24H22N2O3. The summed E-state index contributed by atoms with van der Waals surface area (Å²) in [5, 5.41) is 2.80. The van der Waals surface area contributed by atoms with E-state index in [0.29, 0.717) is 29.8 Å². The number of carbonyl (C=O) groups is 2. The van der Waals surface area contributed by atoms with Gasteiger partial charge in [0.25, 0.3) is 11.5 Å². The lowest BCUT2D eigenvalue weighted by molar-refractivity contribution is 0.0963. The van der Waals surface area contributed by atoms with Gasteiger partial charge in [-0.1, -0.05) is 55.5 Å². The van der Waals surface area contributed by atoms with Crippen LogP contribution in [0.25, 0.3) is 0 Å². The van der Waals surface area contributed by atoms with Gasteiger partial charge in [0.1, 0.15) is 5.56 Å². The van der Waals surface area contributed by atoms with Crippen molar-refractivity contribution in [2.45, 2.75) is 32.1 Å². The maximum atomic E-state index is 12.8. The third-order valence-electron chi connectivity index (χ3n) is 5.47. The number of fused-ring (bicyclic) bond motifs is 1. The number of H-pyrrole nitrogens is 1. The average Bonchev–Trinajstić information content (AvgIpc) is 2.74. The molecule has 1 aliphatic rings. The van der Waals surface area contributed by atoms with E-state index in [0.717, 1.165) is 17.5 Å². The number of nitrogens with one attached hydrogen (secondary N) is 2. The highest BCUT2D eigenvalue weighted by atomic mass is 16.2. The largest absolute Gasteiger partial charge is 0.325 e. The maximum Gasteiger partial charge on any atom is 0.261 e. The number of amides is 1. The Hall–Kier alpha value is -3.47. The monoisotopic (exact) mass is 386 g/mol. The van der Waals surface area contributed by atoms with Crippen LogP contribution in [0, 0.1) is 0 Å². The van der Waals surface area contributed by atoms with Crippen LogP contribution in [-0.2, 0) is 12.8 Å². The standard InChI is InChI=1S/C24H22N2O3/c1-2-15-8-6-7-11-20(15)25-23(28)19-14-18-21(26-24(19)29)12-17(13-22(18)27)16-9-4-3-5-10-16/h3-11,14,17H,2,12-13H2,1H3,(H,25,28)(H,26,29)/t17-/m1/s1. The number of aromatic amines is 1. The number of aryl methyl sites for hydroxylation is 1. The molecule has 0 saturated carbocycles. The van der Waals surface area contributed by atoms with Crippen LogP contribution in [0.4, 0.5) is 5.69 Å². The zero-order valence-electron chi connectivity index (χ0n) is 16.2. The first kappa shape index (κ1) is 18.9. The molecule has 0 bridgehead atoms. The minimum atomic E-state index is -0.507. The number of carbonyl (C=O) groups excluding carboxylic acids is 2. The quantitative estimate of drug-likeness (QED) is 0.708. The molecular weight excluding hydrogens is 364 g/mol. The van der Waals surface area contributed by atoms with Crippen molar-refractivity contribution in [1.82, 2.24) is 4.98 Å². The Morgan fingerprint density at radius 2 is 1.76 bits per heavy atom. The number of ketones is 1. The number of hydrogen-bond acceptors (Lipinski definition) is 3. The molecule has 1 atom stereocenters. The number of pyridine rings is 1. The minimum absolute atomic E-state index is 0.0305. The molecule has 2 N–H and O–H groups in total. The van der Waals surface area contributed by atoms with Crippen molar-refractivity contribution < 1.29 is 9.59 Å². The first-order chi connectivity index (χ1) is 14.1. The molecule has 4 rings (SSSR count). The zero-order chi connectivity index (χ0) is 20.4. The molecule has 0 unspecified atom stereocenters. The Bertz CT molecular complexity index is 1130. The third kappa shape index (κ3) is 3.76. The van der Waals surface area contributed by atoms with Crippen LogP contribution in [0.5, 0.6) is 0 Å². The van der Waals surface area contributed by atoms with E-state index >= 15 is 0 Å². The van der Waals surface area contributed by atoms with Crippen molar-refractivity contribution >= 4 is 17.4 Å². The fourth-order valence-electron chi connectivity index (χ4n) is 3.90. The Balaban J connectivity index is 1.63. The van der Waals surface area contributed by atoms with Gasteiger partial charge in [0.2, 0.25) is 0 Å².